The van der Waals surface area contributed by atoms with E-state index in [0.717, 1.165) is 37.7 Å². The number of hydrogen-bond donors (Lipinski definition) is 0. The Morgan fingerprint density at radius 3 is 2.36 bits per heavy atom. The monoisotopic (exact) mass is 454 g/mol. The quantitative estimate of drug-likeness (QED) is 0.331. The van der Waals surface area contributed by atoms with E-state index in [1.165, 1.54) is 56.3 Å². The Morgan fingerprint density at radius 1 is 1.06 bits per heavy atom. The number of anilines is 1. The molecule has 1 aromatic carbocycles. The van der Waals surface area contributed by atoms with Gasteiger partial charge in [-0.1, -0.05) is 46.2 Å². The lowest BCUT2D eigenvalue weighted by atomic mass is 9.68. The van der Waals surface area contributed by atoms with Crippen molar-refractivity contribution in [3.05, 3.63) is 35.4 Å². The van der Waals surface area contributed by atoms with Crippen molar-refractivity contribution in [1.82, 2.24) is 4.90 Å². The Bertz CT molecular complexity index is 779. The maximum Gasteiger partial charge on any atom is 0.330 e. The first-order chi connectivity index (χ1) is 15.8. The minimum atomic E-state index is -0.270. The average Bonchev–Trinajstić information content (AvgIpc) is 2.81. The number of nitrogens with zero attached hydrogens (tertiary/aromatic N) is 2. The number of benzene rings is 1. The van der Waals surface area contributed by atoms with E-state index >= 15 is 0 Å². The molecule has 3 rings (SSSR count). The van der Waals surface area contributed by atoms with E-state index < -0.39 is 0 Å². The zero-order chi connectivity index (χ0) is 23.8. The van der Waals surface area contributed by atoms with Crippen molar-refractivity contribution in [2.75, 3.05) is 44.2 Å². The molecule has 0 N–H and O–H groups in total. The molecule has 1 heterocycles. The van der Waals surface area contributed by atoms with Crippen molar-refractivity contribution >= 4 is 17.7 Å². The van der Waals surface area contributed by atoms with Gasteiger partial charge in [0.05, 0.1) is 6.61 Å². The molecular formula is C29H46N2O2. The third kappa shape index (κ3) is 7.34. The summed E-state index contributed by atoms with van der Waals surface area (Å²) in [4.78, 5) is 17.0. The molecule has 1 aromatic rings. The fraction of sp³-hybridized carbons (Fsp3) is 0.690. The van der Waals surface area contributed by atoms with Crippen molar-refractivity contribution in [2.24, 2.45) is 11.3 Å². The van der Waals surface area contributed by atoms with Gasteiger partial charge in [0.15, 0.2) is 0 Å². The van der Waals surface area contributed by atoms with Crippen LogP contribution in [0.2, 0.25) is 0 Å². The molecule has 1 saturated carbocycles. The summed E-state index contributed by atoms with van der Waals surface area (Å²) in [6.07, 6.45) is 11.2. The highest BCUT2D eigenvalue weighted by molar-refractivity contribution is 5.87. The molecule has 0 amide bonds. The van der Waals surface area contributed by atoms with E-state index in [0.29, 0.717) is 17.9 Å². The van der Waals surface area contributed by atoms with Gasteiger partial charge in [0, 0.05) is 37.9 Å². The van der Waals surface area contributed by atoms with Gasteiger partial charge in [-0.2, -0.15) is 0 Å². The van der Waals surface area contributed by atoms with Crippen LogP contribution < -0.4 is 4.90 Å². The van der Waals surface area contributed by atoms with E-state index in [2.05, 4.69) is 55.7 Å². The first-order valence-corrected chi connectivity index (χ1v) is 13.3. The number of carbonyl (C=O) groups excluding carboxylic acids is 1. The van der Waals surface area contributed by atoms with Crippen LogP contribution in [0.3, 0.4) is 0 Å². The van der Waals surface area contributed by atoms with Crippen molar-refractivity contribution in [3.8, 4) is 0 Å². The third-order valence-electron chi connectivity index (χ3n) is 7.69. The van der Waals surface area contributed by atoms with Gasteiger partial charge in [0.1, 0.15) is 0 Å². The second kappa shape index (κ2) is 12.1. The molecule has 0 unspecified atom stereocenters. The Labute approximate surface area is 202 Å². The summed E-state index contributed by atoms with van der Waals surface area (Å²) in [6.45, 7) is 17.4. The highest BCUT2D eigenvalue weighted by Crippen LogP contribution is 2.45. The first kappa shape index (κ1) is 25.8. The highest BCUT2D eigenvalue weighted by Gasteiger charge is 2.32. The lowest BCUT2D eigenvalue weighted by molar-refractivity contribution is -0.137. The van der Waals surface area contributed by atoms with Crippen LogP contribution in [-0.2, 0) is 9.53 Å². The van der Waals surface area contributed by atoms with Crippen molar-refractivity contribution in [1.29, 1.82) is 0 Å². The largest absolute Gasteiger partial charge is 0.463 e. The summed E-state index contributed by atoms with van der Waals surface area (Å²) in [5.41, 5.74) is 4.39. The minimum Gasteiger partial charge on any atom is -0.463 e. The molecule has 4 heteroatoms. The van der Waals surface area contributed by atoms with E-state index in [9.17, 15) is 4.79 Å². The Kier molecular flexibility index (Phi) is 9.43. The predicted octanol–water partition coefficient (Wildman–Crippen LogP) is 6.50. The number of hydrogen-bond acceptors (Lipinski definition) is 4. The summed E-state index contributed by atoms with van der Waals surface area (Å²) >= 11 is 0. The van der Waals surface area contributed by atoms with E-state index in [1.54, 1.807) is 6.08 Å². The molecule has 0 bridgehead atoms. The third-order valence-corrected chi connectivity index (χ3v) is 7.69. The molecule has 0 radical (unpaired) electrons. The number of unbranched alkanes of at least 4 members (excludes halogenated alkanes) is 1. The Hall–Kier alpha value is -1.81. The topological polar surface area (TPSA) is 32.8 Å². The number of rotatable bonds is 8. The summed E-state index contributed by atoms with van der Waals surface area (Å²) in [6, 6.07) is 6.83. The molecule has 0 spiro atoms. The number of carbonyl (C=O) groups is 1. The van der Waals surface area contributed by atoms with Gasteiger partial charge in [-0.25, -0.2) is 4.79 Å². The Morgan fingerprint density at radius 2 is 1.76 bits per heavy atom. The molecule has 0 aromatic heterocycles. The van der Waals surface area contributed by atoms with Gasteiger partial charge >= 0.3 is 5.97 Å². The molecule has 184 valence electrons. The molecule has 4 nitrogen and oxygen atoms in total. The molecule has 33 heavy (non-hydrogen) atoms. The van der Waals surface area contributed by atoms with Crippen molar-refractivity contribution < 1.29 is 9.53 Å². The molecule has 1 aliphatic heterocycles. The summed E-state index contributed by atoms with van der Waals surface area (Å²) in [5.74, 6) is 1.19. The average molecular weight is 455 g/mol. The maximum atomic E-state index is 11.8. The number of piperazine rings is 1. The van der Waals surface area contributed by atoms with Crippen molar-refractivity contribution in [3.63, 3.8) is 0 Å². The number of esters is 1. The lowest BCUT2D eigenvalue weighted by Gasteiger charge is -2.40. The van der Waals surface area contributed by atoms with Gasteiger partial charge in [-0.3, -0.25) is 4.90 Å². The smallest absolute Gasteiger partial charge is 0.330 e. The van der Waals surface area contributed by atoms with E-state index in [-0.39, 0.29) is 5.97 Å². The van der Waals surface area contributed by atoms with Crippen LogP contribution >= 0.6 is 0 Å². The SMILES string of the molecule is CCCCN1CCN(c2cc(C=CC(=O)OCC)ccc2C2CCC(C(C)(C)C)CC2)CC1. The van der Waals surface area contributed by atoms with Crippen LogP contribution in [0, 0.1) is 11.3 Å². The molecule has 2 fully saturated rings. The first-order valence-electron chi connectivity index (χ1n) is 13.3. The molecule has 0 atom stereocenters. The van der Waals surface area contributed by atoms with Crippen LogP contribution in [0.1, 0.15) is 90.2 Å². The van der Waals surface area contributed by atoms with E-state index in [1.807, 2.05) is 13.0 Å². The van der Waals surface area contributed by atoms with Gasteiger partial charge < -0.3 is 9.64 Å². The Balaban J connectivity index is 1.78. The van der Waals surface area contributed by atoms with Crippen LogP contribution in [-0.4, -0.2) is 50.2 Å². The summed E-state index contributed by atoms with van der Waals surface area (Å²) < 4.78 is 5.07. The van der Waals surface area contributed by atoms with Crippen LogP contribution in [0.5, 0.6) is 0 Å². The van der Waals surface area contributed by atoms with E-state index in [4.69, 9.17) is 4.74 Å². The standard InChI is InChI=1S/C29H46N2O2/c1-6-8-17-30-18-20-31(21-19-30)27-22-23(10-16-28(32)33-7-2)9-15-26(27)24-11-13-25(14-12-24)29(3,4)5/h9-10,15-16,22,24-25H,6-8,11-14,17-21H2,1-5H3. The molecular weight excluding hydrogens is 408 g/mol. The maximum absolute atomic E-state index is 11.8. The van der Waals surface area contributed by atoms with Gasteiger partial charge in [0.2, 0.25) is 0 Å². The minimum absolute atomic E-state index is 0.270. The normalized spacial score (nSPS) is 22.6. The van der Waals surface area contributed by atoms with Gasteiger partial charge in [0.25, 0.3) is 0 Å². The zero-order valence-electron chi connectivity index (χ0n) is 21.7. The molecule has 1 aliphatic carbocycles. The fourth-order valence-electron chi connectivity index (χ4n) is 5.50. The summed E-state index contributed by atoms with van der Waals surface area (Å²) in [5, 5.41) is 0. The predicted molar refractivity (Wildman–Crippen MR) is 140 cm³/mol. The molecule has 2 aliphatic rings. The number of ether oxygens (including phenoxy) is 1. The highest BCUT2D eigenvalue weighted by atomic mass is 16.5. The second-order valence-corrected chi connectivity index (χ2v) is 11.0. The molecule has 1 saturated heterocycles. The van der Waals surface area contributed by atoms with Crippen LogP contribution in [0.25, 0.3) is 6.08 Å². The lowest BCUT2D eigenvalue weighted by Crippen LogP contribution is -2.47. The van der Waals surface area contributed by atoms with Gasteiger partial charge in [-0.05, 0) is 86.1 Å². The summed E-state index contributed by atoms with van der Waals surface area (Å²) in [7, 11) is 0. The van der Waals surface area contributed by atoms with Crippen LogP contribution in [0.15, 0.2) is 24.3 Å². The van der Waals surface area contributed by atoms with Crippen LogP contribution in [0.4, 0.5) is 5.69 Å². The second-order valence-electron chi connectivity index (χ2n) is 11.0. The van der Waals surface area contributed by atoms with Gasteiger partial charge in [-0.15, -0.1) is 0 Å². The zero-order valence-corrected chi connectivity index (χ0v) is 21.7. The van der Waals surface area contributed by atoms with Crippen molar-refractivity contribution in [2.45, 2.75) is 79.1 Å². The fourth-order valence-corrected chi connectivity index (χ4v) is 5.50.